The number of rotatable bonds is 10. The summed E-state index contributed by atoms with van der Waals surface area (Å²) in [7, 11) is 0. The van der Waals surface area contributed by atoms with Crippen molar-refractivity contribution in [1.29, 1.82) is 0 Å². The number of ether oxygens (including phenoxy) is 2. The number of amides is 3. The van der Waals surface area contributed by atoms with Crippen LogP contribution in [0.2, 0.25) is 0 Å². The Balaban J connectivity index is 1.58. The number of hydrogen-bond acceptors (Lipinski definition) is 10. The topological polar surface area (TPSA) is 164 Å². The SMILES string of the molecule is CCCN(C(=O)OCOC(=O)C(C)O)C(=O)c1cn2ncnc(Nc3cc(C(=O)NC4CC4)ccc3C)c2c1C. The molecule has 3 aromatic rings. The molecule has 212 valence electrons. The maximum atomic E-state index is 13.5. The summed E-state index contributed by atoms with van der Waals surface area (Å²) in [4.78, 5) is 55.4. The Kier molecular flexibility index (Phi) is 8.63. The van der Waals surface area contributed by atoms with Gasteiger partial charge < -0.3 is 25.2 Å². The molecule has 1 unspecified atom stereocenters. The van der Waals surface area contributed by atoms with E-state index in [1.807, 2.05) is 13.0 Å². The Bertz CT molecular complexity index is 1450. The third-order valence-electron chi connectivity index (χ3n) is 6.36. The van der Waals surface area contributed by atoms with Crippen molar-refractivity contribution in [3.63, 3.8) is 0 Å². The molecular weight excluding hydrogens is 520 g/mol. The number of hydrogen-bond donors (Lipinski definition) is 3. The molecule has 0 radical (unpaired) electrons. The van der Waals surface area contributed by atoms with Crippen LogP contribution >= 0.6 is 0 Å². The second-order valence-electron chi connectivity index (χ2n) is 9.60. The van der Waals surface area contributed by atoms with Gasteiger partial charge in [0.15, 0.2) is 5.82 Å². The van der Waals surface area contributed by atoms with Crippen molar-refractivity contribution in [1.82, 2.24) is 24.8 Å². The molecule has 13 nitrogen and oxygen atoms in total. The molecule has 1 saturated carbocycles. The molecule has 2 heterocycles. The maximum Gasteiger partial charge on any atom is 0.419 e. The number of fused-ring (bicyclic) bond motifs is 1. The van der Waals surface area contributed by atoms with Gasteiger partial charge in [-0.3, -0.25) is 9.59 Å². The van der Waals surface area contributed by atoms with E-state index >= 15 is 0 Å². The van der Waals surface area contributed by atoms with Crippen LogP contribution < -0.4 is 10.6 Å². The third-order valence-corrected chi connectivity index (χ3v) is 6.36. The van der Waals surface area contributed by atoms with Gasteiger partial charge in [-0.05, 0) is 63.3 Å². The highest BCUT2D eigenvalue weighted by atomic mass is 16.7. The lowest BCUT2D eigenvalue weighted by Gasteiger charge is -2.19. The van der Waals surface area contributed by atoms with Crippen molar-refractivity contribution in [3.05, 3.63) is 53.0 Å². The number of esters is 1. The Morgan fingerprint density at radius 1 is 1.20 bits per heavy atom. The van der Waals surface area contributed by atoms with Crippen molar-refractivity contribution in [3.8, 4) is 0 Å². The van der Waals surface area contributed by atoms with Gasteiger partial charge in [-0.15, -0.1) is 0 Å². The van der Waals surface area contributed by atoms with Crippen LogP contribution in [0.4, 0.5) is 16.3 Å². The van der Waals surface area contributed by atoms with Crippen molar-refractivity contribution in [2.75, 3.05) is 18.7 Å². The predicted octanol–water partition coefficient (Wildman–Crippen LogP) is 2.85. The number of benzene rings is 1. The number of nitrogens with one attached hydrogen (secondary N) is 2. The maximum absolute atomic E-state index is 13.5. The fourth-order valence-electron chi connectivity index (χ4n) is 3.97. The molecule has 1 aliphatic carbocycles. The van der Waals surface area contributed by atoms with Gasteiger partial charge in [0.25, 0.3) is 11.8 Å². The van der Waals surface area contributed by atoms with E-state index in [9.17, 15) is 24.3 Å². The molecule has 0 bridgehead atoms. The Hall–Kier alpha value is -4.52. The normalized spacial score (nSPS) is 13.4. The van der Waals surface area contributed by atoms with Crippen LogP contribution in [0.5, 0.6) is 0 Å². The van der Waals surface area contributed by atoms with Crippen LogP contribution in [-0.4, -0.2) is 74.0 Å². The average Bonchev–Trinajstić information content (AvgIpc) is 3.67. The zero-order valence-corrected chi connectivity index (χ0v) is 22.8. The first-order chi connectivity index (χ1) is 19.1. The molecule has 0 aliphatic heterocycles. The molecule has 13 heteroatoms. The molecule has 4 rings (SSSR count). The van der Waals surface area contributed by atoms with Crippen LogP contribution in [0.25, 0.3) is 5.52 Å². The lowest BCUT2D eigenvalue weighted by atomic mass is 10.1. The summed E-state index contributed by atoms with van der Waals surface area (Å²) >= 11 is 0. The van der Waals surface area contributed by atoms with Gasteiger partial charge in [-0.2, -0.15) is 5.10 Å². The van der Waals surface area contributed by atoms with E-state index in [0.29, 0.717) is 34.6 Å². The summed E-state index contributed by atoms with van der Waals surface area (Å²) in [5, 5.41) is 19.7. The second-order valence-corrected chi connectivity index (χ2v) is 9.60. The highest BCUT2D eigenvalue weighted by Gasteiger charge is 2.28. The van der Waals surface area contributed by atoms with Gasteiger partial charge >= 0.3 is 12.1 Å². The van der Waals surface area contributed by atoms with Gasteiger partial charge in [0.05, 0.1) is 5.56 Å². The summed E-state index contributed by atoms with van der Waals surface area (Å²) in [5.74, 6) is -1.33. The molecule has 3 amide bonds. The summed E-state index contributed by atoms with van der Waals surface area (Å²) in [6.45, 7) is 5.93. The van der Waals surface area contributed by atoms with Gasteiger partial charge in [-0.1, -0.05) is 13.0 Å². The first-order valence-electron chi connectivity index (χ1n) is 13.0. The number of imide groups is 1. The van der Waals surface area contributed by atoms with Gasteiger partial charge in [0.2, 0.25) is 6.79 Å². The lowest BCUT2D eigenvalue weighted by molar-refractivity contribution is -0.161. The Labute approximate surface area is 230 Å². The predicted molar refractivity (Wildman–Crippen MR) is 143 cm³/mol. The summed E-state index contributed by atoms with van der Waals surface area (Å²) in [5.41, 5.74) is 3.29. The first-order valence-corrected chi connectivity index (χ1v) is 13.0. The molecule has 1 fully saturated rings. The molecule has 2 aromatic heterocycles. The van der Waals surface area contributed by atoms with Crippen molar-refractivity contribution in [2.45, 2.75) is 59.1 Å². The Morgan fingerprint density at radius 2 is 1.95 bits per heavy atom. The van der Waals surface area contributed by atoms with E-state index in [1.54, 1.807) is 26.0 Å². The van der Waals surface area contributed by atoms with E-state index in [2.05, 4.69) is 25.5 Å². The molecule has 1 aromatic carbocycles. The fourth-order valence-corrected chi connectivity index (χ4v) is 3.97. The molecule has 3 N–H and O–H groups in total. The number of nitrogens with zero attached hydrogens (tertiary/aromatic N) is 4. The second kappa shape index (κ2) is 12.1. The molecule has 0 spiro atoms. The molecule has 1 aliphatic rings. The first kappa shape index (κ1) is 28.5. The number of carbonyl (C=O) groups excluding carboxylic acids is 4. The summed E-state index contributed by atoms with van der Waals surface area (Å²) in [6, 6.07) is 5.59. The van der Waals surface area contributed by atoms with E-state index < -0.39 is 30.9 Å². The molecule has 40 heavy (non-hydrogen) atoms. The van der Waals surface area contributed by atoms with Gasteiger partial charge in [0, 0.05) is 30.0 Å². The highest BCUT2D eigenvalue weighted by molar-refractivity contribution is 6.05. The largest absolute Gasteiger partial charge is 0.426 e. The Morgan fingerprint density at radius 3 is 2.62 bits per heavy atom. The number of aryl methyl sites for hydroxylation is 2. The van der Waals surface area contributed by atoms with E-state index in [4.69, 9.17) is 4.74 Å². The number of aliphatic hydroxyl groups excluding tert-OH is 1. The third kappa shape index (κ3) is 6.37. The van der Waals surface area contributed by atoms with Crippen LogP contribution in [0.15, 0.2) is 30.7 Å². The van der Waals surface area contributed by atoms with Crippen LogP contribution in [0.1, 0.15) is 65.0 Å². The van der Waals surface area contributed by atoms with Crippen molar-refractivity contribution < 1.29 is 33.8 Å². The van der Waals surface area contributed by atoms with Crippen LogP contribution in [0, 0.1) is 13.8 Å². The van der Waals surface area contributed by atoms with Gasteiger partial charge in [0.1, 0.15) is 17.9 Å². The molecular formula is C27H32N6O7. The standard InChI is InChI=1S/C27H32N6O7/c1-5-10-32(27(38)40-14-39-26(37)17(4)34)25(36)20-12-33-22(16(20)3)23(28-13-29-33)31-21-11-18(7-6-15(21)2)24(35)30-19-8-9-19/h6-7,11-13,17,19,34H,5,8-10,14H2,1-4H3,(H,30,35)(H,28,29,31). The molecule has 1 atom stereocenters. The minimum absolute atomic E-state index is 0.0549. The summed E-state index contributed by atoms with van der Waals surface area (Å²) < 4.78 is 11.1. The average molecular weight is 553 g/mol. The number of anilines is 2. The minimum Gasteiger partial charge on any atom is -0.426 e. The van der Waals surface area contributed by atoms with E-state index in [-0.39, 0.29) is 24.1 Å². The van der Waals surface area contributed by atoms with E-state index in [0.717, 1.165) is 23.3 Å². The van der Waals surface area contributed by atoms with Crippen molar-refractivity contribution >= 4 is 40.9 Å². The number of carbonyl (C=O) groups is 4. The van der Waals surface area contributed by atoms with Crippen molar-refractivity contribution in [2.24, 2.45) is 0 Å². The zero-order chi connectivity index (χ0) is 29.0. The quantitative estimate of drug-likeness (QED) is 0.252. The van der Waals surface area contributed by atoms with E-state index in [1.165, 1.54) is 24.0 Å². The molecule has 0 saturated heterocycles. The highest BCUT2D eigenvalue weighted by Crippen LogP contribution is 2.28. The summed E-state index contributed by atoms with van der Waals surface area (Å²) in [6.07, 6.45) is 2.88. The van der Waals surface area contributed by atoms with Crippen LogP contribution in [-0.2, 0) is 14.3 Å². The number of aromatic nitrogens is 3. The zero-order valence-electron chi connectivity index (χ0n) is 22.8. The number of aliphatic hydroxyl groups is 1. The van der Waals surface area contributed by atoms with Gasteiger partial charge in [-0.25, -0.2) is 24.0 Å². The monoisotopic (exact) mass is 552 g/mol. The van der Waals surface area contributed by atoms with Crippen LogP contribution in [0.3, 0.4) is 0 Å². The smallest absolute Gasteiger partial charge is 0.419 e. The minimum atomic E-state index is -1.38. The fraction of sp³-hybridized carbons (Fsp3) is 0.407. The lowest BCUT2D eigenvalue weighted by Crippen LogP contribution is -2.38.